The van der Waals surface area contributed by atoms with Crippen LogP contribution < -0.4 is 0 Å². The molecule has 14 heavy (non-hydrogen) atoms. The maximum absolute atomic E-state index is 6.19. The number of aromatic nitrogens is 1. The molecule has 0 fully saturated rings. The molecule has 0 saturated heterocycles. The molecule has 0 N–H and O–H groups in total. The standard InChI is InChI=1S/C11H18ClNS/c1-5-9-6-14-11(13-9)10(7(2)3)8(4)12/h6-8,10H,5H2,1-4H3. The van der Waals surface area contributed by atoms with Gasteiger partial charge in [-0.2, -0.15) is 0 Å². The van der Waals surface area contributed by atoms with Crippen LogP contribution in [0.5, 0.6) is 0 Å². The van der Waals surface area contributed by atoms with E-state index < -0.39 is 0 Å². The summed E-state index contributed by atoms with van der Waals surface area (Å²) < 4.78 is 0. The second-order valence-corrected chi connectivity index (χ2v) is 5.56. The first-order valence-electron chi connectivity index (χ1n) is 5.14. The van der Waals surface area contributed by atoms with E-state index in [2.05, 4.69) is 38.1 Å². The van der Waals surface area contributed by atoms with Crippen LogP contribution in [0, 0.1) is 5.92 Å². The Morgan fingerprint density at radius 2 is 2.07 bits per heavy atom. The Morgan fingerprint density at radius 3 is 2.43 bits per heavy atom. The maximum atomic E-state index is 6.19. The van der Waals surface area contributed by atoms with Crippen molar-refractivity contribution in [2.75, 3.05) is 0 Å². The van der Waals surface area contributed by atoms with Crippen LogP contribution in [0.2, 0.25) is 0 Å². The quantitative estimate of drug-likeness (QED) is 0.712. The van der Waals surface area contributed by atoms with Crippen LogP contribution in [0.15, 0.2) is 5.38 Å². The lowest BCUT2D eigenvalue weighted by atomic mass is 9.93. The first kappa shape index (κ1) is 12.0. The summed E-state index contributed by atoms with van der Waals surface area (Å²) in [6.07, 6.45) is 1.01. The van der Waals surface area contributed by atoms with Gasteiger partial charge in [-0.3, -0.25) is 0 Å². The second-order valence-electron chi connectivity index (χ2n) is 3.98. The molecule has 1 nitrogen and oxygen atoms in total. The zero-order valence-electron chi connectivity index (χ0n) is 9.25. The van der Waals surface area contributed by atoms with E-state index in [4.69, 9.17) is 11.6 Å². The highest BCUT2D eigenvalue weighted by Crippen LogP contribution is 2.32. The Labute approximate surface area is 95.5 Å². The summed E-state index contributed by atoms with van der Waals surface area (Å²) in [5, 5.41) is 3.49. The Hall–Kier alpha value is -0.0800. The lowest BCUT2D eigenvalue weighted by molar-refractivity contribution is 0.488. The zero-order chi connectivity index (χ0) is 10.7. The van der Waals surface area contributed by atoms with Crippen molar-refractivity contribution in [3.8, 4) is 0 Å². The van der Waals surface area contributed by atoms with E-state index in [0.29, 0.717) is 11.8 Å². The SMILES string of the molecule is CCc1csc(C(C(C)C)C(C)Cl)n1. The van der Waals surface area contributed by atoms with E-state index in [-0.39, 0.29) is 5.38 Å². The maximum Gasteiger partial charge on any atom is 0.0976 e. The second kappa shape index (κ2) is 5.13. The summed E-state index contributed by atoms with van der Waals surface area (Å²) in [6.45, 7) is 8.60. The fraction of sp³-hybridized carbons (Fsp3) is 0.727. The molecule has 1 aromatic heterocycles. The minimum absolute atomic E-state index is 0.158. The number of rotatable bonds is 4. The number of nitrogens with zero attached hydrogens (tertiary/aromatic N) is 1. The van der Waals surface area contributed by atoms with Gasteiger partial charge in [0.1, 0.15) is 0 Å². The number of aryl methyl sites for hydroxylation is 1. The fourth-order valence-corrected chi connectivity index (χ4v) is 3.41. The van der Waals surface area contributed by atoms with Crippen LogP contribution in [-0.4, -0.2) is 10.4 Å². The van der Waals surface area contributed by atoms with E-state index >= 15 is 0 Å². The number of hydrogen-bond acceptors (Lipinski definition) is 2. The van der Waals surface area contributed by atoms with Crippen molar-refractivity contribution in [1.82, 2.24) is 4.98 Å². The van der Waals surface area contributed by atoms with Gasteiger partial charge in [0.2, 0.25) is 0 Å². The van der Waals surface area contributed by atoms with Gasteiger partial charge in [0.15, 0.2) is 0 Å². The first-order chi connectivity index (χ1) is 6.56. The van der Waals surface area contributed by atoms with Gasteiger partial charge in [-0.15, -0.1) is 22.9 Å². The Morgan fingerprint density at radius 1 is 1.43 bits per heavy atom. The molecule has 0 radical (unpaired) electrons. The highest BCUT2D eigenvalue weighted by molar-refractivity contribution is 7.09. The van der Waals surface area contributed by atoms with E-state index in [1.165, 1.54) is 10.7 Å². The topological polar surface area (TPSA) is 12.9 Å². The average molecular weight is 232 g/mol. The lowest BCUT2D eigenvalue weighted by Gasteiger charge is -2.20. The minimum Gasteiger partial charge on any atom is -0.246 e. The van der Waals surface area contributed by atoms with Gasteiger partial charge in [0, 0.05) is 16.7 Å². The Balaban J connectivity index is 2.88. The van der Waals surface area contributed by atoms with Crippen molar-refractivity contribution in [3.63, 3.8) is 0 Å². The average Bonchev–Trinajstić information content (AvgIpc) is 2.51. The minimum atomic E-state index is 0.158. The third-order valence-electron chi connectivity index (χ3n) is 2.43. The van der Waals surface area contributed by atoms with Crippen molar-refractivity contribution in [2.24, 2.45) is 5.92 Å². The normalized spacial score (nSPS) is 15.9. The molecular weight excluding hydrogens is 214 g/mol. The molecule has 0 aliphatic carbocycles. The van der Waals surface area contributed by atoms with Crippen LogP contribution in [0.4, 0.5) is 0 Å². The molecule has 0 saturated carbocycles. The third kappa shape index (κ3) is 2.71. The highest BCUT2D eigenvalue weighted by Gasteiger charge is 2.23. The molecule has 0 spiro atoms. The molecule has 80 valence electrons. The van der Waals surface area contributed by atoms with Gasteiger partial charge in [0.05, 0.1) is 10.7 Å². The van der Waals surface area contributed by atoms with Crippen molar-refractivity contribution >= 4 is 22.9 Å². The lowest BCUT2D eigenvalue weighted by Crippen LogP contribution is -2.15. The van der Waals surface area contributed by atoms with Gasteiger partial charge >= 0.3 is 0 Å². The molecule has 0 aliphatic rings. The molecule has 2 unspecified atom stereocenters. The molecule has 3 heteroatoms. The molecule has 0 amide bonds. The van der Waals surface area contributed by atoms with Crippen LogP contribution in [0.1, 0.15) is 44.3 Å². The van der Waals surface area contributed by atoms with Gasteiger partial charge in [-0.25, -0.2) is 4.98 Å². The van der Waals surface area contributed by atoms with Crippen LogP contribution in [0.25, 0.3) is 0 Å². The fourth-order valence-electron chi connectivity index (χ4n) is 1.65. The molecule has 2 atom stereocenters. The summed E-state index contributed by atoms with van der Waals surface area (Å²) in [7, 11) is 0. The molecule has 0 bridgehead atoms. The molecule has 0 aliphatic heterocycles. The van der Waals surface area contributed by atoms with Crippen molar-refractivity contribution < 1.29 is 0 Å². The van der Waals surface area contributed by atoms with Crippen molar-refractivity contribution in [2.45, 2.75) is 45.4 Å². The zero-order valence-corrected chi connectivity index (χ0v) is 10.8. The highest BCUT2D eigenvalue weighted by atomic mass is 35.5. The van der Waals surface area contributed by atoms with Crippen LogP contribution in [-0.2, 0) is 6.42 Å². The monoisotopic (exact) mass is 231 g/mol. The van der Waals surface area contributed by atoms with Crippen LogP contribution >= 0.6 is 22.9 Å². The largest absolute Gasteiger partial charge is 0.246 e. The Kier molecular flexibility index (Phi) is 4.39. The predicted molar refractivity (Wildman–Crippen MR) is 64.4 cm³/mol. The van der Waals surface area contributed by atoms with Gasteiger partial charge < -0.3 is 0 Å². The van der Waals surface area contributed by atoms with E-state index in [1.54, 1.807) is 11.3 Å². The number of alkyl halides is 1. The Bertz CT molecular complexity index is 273. The molecule has 1 rings (SSSR count). The van der Waals surface area contributed by atoms with E-state index in [1.807, 2.05) is 0 Å². The van der Waals surface area contributed by atoms with Gasteiger partial charge in [-0.05, 0) is 19.3 Å². The number of halogens is 1. The first-order valence-corrected chi connectivity index (χ1v) is 6.46. The smallest absolute Gasteiger partial charge is 0.0976 e. The van der Waals surface area contributed by atoms with E-state index in [9.17, 15) is 0 Å². The molecular formula is C11H18ClNS. The third-order valence-corrected chi connectivity index (χ3v) is 3.70. The summed E-state index contributed by atoms with van der Waals surface area (Å²) in [4.78, 5) is 4.61. The van der Waals surface area contributed by atoms with Gasteiger partial charge in [0.25, 0.3) is 0 Å². The summed E-state index contributed by atoms with van der Waals surface area (Å²) in [5.41, 5.74) is 1.19. The number of hydrogen-bond donors (Lipinski definition) is 0. The van der Waals surface area contributed by atoms with Gasteiger partial charge in [-0.1, -0.05) is 20.8 Å². The van der Waals surface area contributed by atoms with Crippen LogP contribution in [0.3, 0.4) is 0 Å². The molecule has 0 aromatic carbocycles. The van der Waals surface area contributed by atoms with Crippen molar-refractivity contribution in [3.05, 3.63) is 16.1 Å². The summed E-state index contributed by atoms with van der Waals surface area (Å²) >= 11 is 7.94. The van der Waals surface area contributed by atoms with E-state index in [0.717, 1.165) is 6.42 Å². The van der Waals surface area contributed by atoms with Crippen molar-refractivity contribution in [1.29, 1.82) is 0 Å². The number of thiazole rings is 1. The summed E-state index contributed by atoms with van der Waals surface area (Å²) in [6, 6.07) is 0. The molecule has 1 aromatic rings. The molecule has 1 heterocycles. The predicted octanol–water partition coefficient (Wildman–Crippen LogP) is 4.07. The summed E-state index contributed by atoms with van der Waals surface area (Å²) in [5.74, 6) is 0.945.